The molecule has 0 saturated carbocycles. The number of pyridine rings is 1. The lowest BCUT2D eigenvalue weighted by Crippen LogP contribution is -2.08. The second-order valence-corrected chi connectivity index (χ2v) is 5.99. The van der Waals surface area contributed by atoms with Gasteiger partial charge in [-0.3, -0.25) is 4.98 Å². The van der Waals surface area contributed by atoms with Gasteiger partial charge in [0, 0.05) is 30.8 Å². The number of aromatic nitrogens is 4. The molecule has 4 nitrogen and oxygen atoms in total. The van der Waals surface area contributed by atoms with Gasteiger partial charge in [-0.15, -0.1) is 10.2 Å². The van der Waals surface area contributed by atoms with E-state index in [0.29, 0.717) is 11.0 Å². The Kier molecular flexibility index (Phi) is 4.57. The van der Waals surface area contributed by atoms with Crippen LogP contribution in [0.3, 0.4) is 0 Å². The predicted molar refractivity (Wildman–Crippen MR) is 85.2 cm³/mol. The molecule has 0 aliphatic heterocycles. The van der Waals surface area contributed by atoms with Crippen molar-refractivity contribution in [1.82, 2.24) is 19.7 Å². The minimum atomic E-state index is -4.36. The first-order chi connectivity index (χ1) is 11.5. The van der Waals surface area contributed by atoms with Crippen LogP contribution in [-0.2, 0) is 19.0 Å². The van der Waals surface area contributed by atoms with E-state index >= 15 is 0 Å². The Hall–Kier alpha value is -2.35. The standard InChI is InChI=1S/C16H13F3N4S/c1-23-14(11-6-4-8-20-9-11)21-22-15(23)24-10-12-5-2-3-7-13(12)16(17,18)19/h2-9H,10H2,1H3. The van der Waals surface area contributed by atoms with Crippen LogP contribution in [0.25, 0.3) is 11.4 Å². The number of rotatable bonds is 4. The number of benzene rings is 1. The van der Waals surface area contributed by atoms with Gasteiger partial charge in [0.15, 0.2) is 11.0 Å². The van der Waals surface area contributed by atoms with E-state index < -0.39 is 11.7 Å². The van der Waals surface area contributed by atoms with Crippen molar-refractivity contribution in [2.75, 3.05) is 0 Å². The van der Waals surface area contributed by atoms with Crippen molar-refractivity contribution < 1.29 is 13.2 Å². The molecule has 3 aromatic rings. The summed E-state index contributed by atoms with van der Waals surface area (Å²) >= 11 is 1.21. The van der Waals surface area contributed by atoms with Crippen molar-refractivity contribution in [2.24, 2.45) is 7.05 Å². The number of thioether (sulfide) groups is 1. The van der Waals surface area contributed by atoms with Gasteiger partial charge >= 0.3 is 6.18 Å². The molecule has 0 aliphatic rings. The van der Waals surface area contributed by atoms with Crippen LogP contribution in [-0.4, -0.2) is 19.7 Å². The fourth-order valence-corrected chi connectivity index (χ4v) is 3.17. The van der Waals surface area contributed by atoms with Gasteiger partial charge in [0.1, 0.15) is 0 Å². The highest BCUT2D eigenvalue weighted by Gasteiger charge is 2.32. The third-order valence-electron chi connectivity index (χ3n) is 3.43. The monoisotopic (exact) mass is 350 g/mol. The lowest BCUT2D eigenvalue weighted by Gasteiger charge is -2.12. The molecule has 0 spiro atoms. The molecule has 0 amide bonds. The Morgan fingerprint density at radius 2 is 1.88 bits per heavy atom. The van der Waals surface area contributed by atoms with E-state index in [2.05, 4.69) is 15.2 Å². The maximum absolute atomic E-state index is 13.0. The Balaban J connectivity index is 1.81. The zero-order valence-electron chi connectivity index (χ0n) is 12.7. The van der Waals surface area contributed by atoms with Gasteiger partial charge in [-0.2, -0.15) is 13.2 Å². The molecule has 24 heavy (non-hydrogen) atoms. The summed E-state index contributed by atoms with van der Waals surface area (Å²) in [7, 11) is 1.78. The first kappa shape index (κ1) is 16.5. The molecule has 3 rings (SSSR count). The summed E-state index contributed by atoms with van der Waals surface area (Å²) in [5.41, 5.74) is 0.406. The van der Waals surface area contributed by atoms with E-state index in [9.17, 15) is 13.2 Å². The fraction of sp³-hybridized carbons (Fsp3) is 0.188. The van der Waals surface area contributed by atoms with Crippen LogP contribution < -0.4 is 0 Å². The third kappa shape index (κ3) is 3.43. The maximum atomic E-state index is 13.0. The van der Waals surface area contributed by atoms with Crippen molar-refractivity contribution in [3.8, 4) is 11.4 Å². The molecule has 2 aromatic heterocycles. The molecule has 0 N–H and O–H groups in total. The van der Waals surface area contributed by atoms with E-state index in [1.54, 1.807) is 36.1 Å². The molecular weight excluding hydrogens is 337 g/mol. The molecule has 0 aliphatic carbocycles. The van der Waals surface area contributed by atoms with E-state index in [-0.39, 0.29) is 11.3 Å². The van der Waals surface area contributed by atoms with E-state index in [1.807, 2.05) is 6.07 Å². The lowest BCUT2D eigenvalue weighted by molar-refractivity contribution is -0.138. The first-order valence-corrected chi connectivity index (χ1v) is 8.03. The maximum Gasteiger partial charge on any atom is 0.416 e. The fourth-order valence-electron chi connectivity index (χ4n) is 2.25. The highest BCUT2D eigenvalue weighted by molar-refractivity contribution is 7.98. The summed E-state index contributed by atoms with van der Waals surface area (Å²) in [4.78, 5) is 4.03. The Morgan fingerprint density at radius 3 is 2.58 bits per heavy atom. The Bertz CT molecular complexity index is 831. The number of halogens is 3. The third-order valence-corrected chi connectivity index (χ3v) is 4.50. The predicted octanol–water partition coefficient (Wildman–Crippen LogP) is 4.19. The molecule has 0 unspecified atom stereocenters. The smallest absolute Gasteiger partial charge is 0.305 e. The van der Waals surface area contributed by atoms with Gasteiger partial charge in [-0.1, -0.05) is 30.0 Å². The largest absolute Gasteiger partial charge is 0.416 e. The summed E-state index contributed by atoms with van der Waals surface area (Å²) in [5.74, 6) is 0.782. The average molecular weight is 350 g/mol. The Morgan fingerprint density at radius 1 is 1.08 bits per heavy atom. The highest BCUT2D eigenvalue weighted by Crippen LogP contribution is 2.34. The quantitative estimate of drug-likeness (QED) is 0.662. The molecular formula is C16H13F3N4S. The van der Waals surface area contributed by atoms with Crippen molar-refractivity contribution >= 4 is 11.8 Å². The van der Waals surface area contributed by atoms with Gasteiger partial charge in [-0.25, -0.2) is 0 Å². The molecule has 0 radical (unpaired) electrons. The molecule has 1 aromatic carbocycles. The first-order valence-electron chi connectivity index (χ1n) is 7.04. The highest BCUT2D eigenvalue weighted by atomic mass is 32.2. The minimum Gasteiger partial charge on any atom is -0.305 e. The molecule has 0 atom stereocenters. The van der Waals surface area contributed by atoms with E-state index in [1.165, 1.54) is 23.9 Å². The normalized spacial score (nSPS) is 11.7. The topological polar surface area (TPSA) is 43.6 Å². The van der Waals surface area contributed by atoms with Crippen molar-refractivity contribution in [3.05, 3.63) is 59.9 Å². The molecule has 0 bridgehead atoms. The van der Waals surface area contributed by atoms with Crippen LogP contribution in [0.4, 0.5) is 13.2 Å². The van der Waals surface area contributed by atoms with Crippen LogP contribution in [0, 0.1) is 0 Å². The second kappa shape index (κ2) is 6.64. The molecule has 0 saturated heterocycles. The average Bonchev–Trinajstić information content (AvgIpc) is 2.94. The number of hydrogen-bond donors (Lipinski definition) is 0. The summed E-state index contributed by atoms with van der Waals surface area (Å²) in [6.07, 6.45) is -1.04. The van der Waals surface area contributed by atoms with Gasteiger partial charge in [-0.05, 0) is 23.8 Å². The van der Waals surface area contributed by atoms with Crippen molar-refractivity contribution in [2.45, 2.75) is 17.1 Å². The SMILES string of the molecule is Cn1c(SCc2ccccc2C(F)(F)F)nnc1-c1cccnc1. The molecule has 2 heterocycles. The zero-order chi connectivity index (χ0) is 17.2. The molecule has 124 valence electrons. The van der Waals surface area contributed by atoms with Crippen molar-refractivity contribution in [3.63, 3.8) is 0 Å². The van der Waals surface area contributed by atoms with E-state index in [0.717, 1.165) is 11.6 Å². The van der Waals surface area contributed by atoms with Crippen LogP contribution in [0.1, 0.15) is 11.1 Å². The molecule has 8 heteroatoms. The van der Waals surface area contributed by atoms with Crippen LogP contribution >= 0.6 is 11.8 Å². The minimum absolute atomic E-state index is 0.161. The Labute approximate surface area is 140 Å². The van der Waals surface area contributed by atoms with E-state index in [4.69, 9.17) is 0 Å². The van der Waals surface area contributed by atoms with Gasteiger partial charge in [0.2, 0.25) is 0 Å². The second-order valence-electron chi connectivity index (χ2n) is 5.05. The number of nitrogens with zero attached hydrogens (tertiary/aromatic N) is 4. The van der Waals surface area contributed by atoms with Crippen LogP contribution in [0.5, 0.6) is 0 Å². The molecule has 0 fully saturated rings. The van der Waals surface area contributed by atoms with Gasteiger partial charge in [0.05, 0.1) is 5.56 Å². The number of hydrogen-bond acceptors (Lipinski definition) is 4. The summed E-state index contributed by atoms with van der Waals surface area (Å²) in [6, 6.07) is 9.20. The van der Waals surface area contributed by atoms with Gasteiger partial charge < -0.3 is 4.57 Å². The summed E-state index contributed by atoms with van der Waals surface area (Å²) in [6.45, 7) is 0. The van der Waals surface area contributed by atoms with Gasteiger partial charge in [0.25, 0.3) is 0 Å². The van der Waals surface area contributed by atoms with Crippen LogP contribution in [0.15, 0.2) is 53.9 Å². The summed E-state index contributed by atoms with van der Waals surface area (Å²) < 4.78 is 40.8. The van der Waals surface area contributed by atoms with Crippen molar-refractivity contribution in [1.29, 1.82) is 0 Å². The van der Waals surface area contributed by atoms with Crippen LogP contribution in [0.2, 0.25) is 0 Å². The zero-order valence-corrected chi connectivity index (χ0v) is 13.5. The lowest BCUT2D eigenvalue weighted by atomic mass is 10.1. The number of alkyl halides is 3. The summed E-state index contributed by atoms with van der Waals surface area (Å²) in [5, 5.41) is 8.71.